The van der Waals surface area contributed by atoms with Crippen molar-refractivity contribution in [3.05, 3.63) is 54.3 Å². The molecule has 1 heterocycles. The third kappa shape index (κ3) is 3.90. The average Bonchev–Trinajstić information content (AvgIpc) is 2.58. The molecule has 0 unspecified atom stereocenters. The Morgan fingerprint density at radius 3 is 2.17 bits per heavy atom. The zero-order valence-corrected chi connectivity index (χ0v) is 13.4. The van der Waals surface area contributed by atoms with Crippen LogP contribution in [0.5, 0.6) is 5.75 Å². The first-order chi connectivity index (χ1) is 11.1. The van der Waals surface area contributed by atoms with Crippen molar-refractivity contribution in [3.8, 4) is 5.75 Å². The highest BCUT2D eigenvalue weighted by atomic mass is 32.1. The van der Waals surface area contributed by atoms with Crippen LogP contribution in [0.15, 0.2) is 48.5 Å². The second-order valence-corrected chi connectivity index (χ2v) is 5.81. The summed E-state index contributed by atoms with van der Waals surface area (Å²) in [5.74, 6) is 0.0149. The topological polar surface area (TPSA) is 38.7 Å². The van der Waals surface area contributed by atoms with Crippen LogP contribution in [0.25, 0.3) is 0 Å². The Morgan fingerprint density at radius 2 is 1.57 bits per heavy atom. The van der Waals surface area contributed by atoms with Crippen molar-refractivity contribution < 1.29 is 9.50 Å². The Morgan fingerprint density at radius 1 is 0.957 bits per heavy atom. The fraction of sp³-hybridized carbons (Fsp3) is 0.235. The number of halogens is 1. The number of phenolic OH excluding ortho intramolecular Hbond substituents is 1. The van der Waals surface area contributed by atoms with Crippen LogP contribution in [-0.2, 0) is 0 Å². The number of piperazine rings is 1. The molecule has 0 saturated carbocycles. The maximum absolute atomic E-state index is 12.9. The van der Waals surface area contributed by atoms with Crippen molar-refractivity contribution in [3.63, 3.8) is 0 Å². The number of hydrogen-bond acceptors (Lipinski definition) is 3. The average molecular weight is 331 g/mol. The van der Waals surface area contributed by atoms with E-state index in [1.54, 1.807) is 24.3 Å². The van der Waals surface area contributed by atoms with Crippen LogP contribution in [0.2, 0.25) is 0 Å². The molecule has 0 bridgehead atoms. The van der Waals surface area contributed by atoms with Crippen LogP contribution < -0.4 is 10.2 Å². The number of hydrogen-bond donors (Lipinski definition) is 2. The minimum atomic E-state index is -0.260. The molecule has 2 aromatic carbocycles. The molecule has 0 atom stereocenters. The molecule has 2 N–H and O–H groups in total. The highest BCUT2D eigenvalue weighted by molar-refractivity contribution is 7.80. The van der Waals surface area contributed by atoms with Gasteiger partial charge in [0.25, 0.3) is 0 Å². The molecule has 2 aromatic rings. The number of nitrogens with zero attached hydrogens (tertiary/aromatic N) is 2. The van der Waals surface area contributed by atoms with Gasteiger partial charge in [0.1, 0.15) is 11.6 Å². The van der Waals surface area contributed by atoms with Gasteiger partial charge in [0.2, 0.25) is 0 Å². The lowest BCUT2D eigenvalue weighted by atomic mass is 10.2. The molecule has 23 heavy (non-hydrogen) atoms. The summed E-state index contributed by atoms with van der Waals surface area (Å²) in [6.45, 7) is 3.34. The van der Waals surface area contributed by atoms with E-state index in [1.807, 2.05) is 12.1 Å². The van der Waals surface area contributed by atoms with Gasteiger partial charge in [-0.15, -0.1) is 0 Å². The molecular formula is C17H18FN3OS. The van der Waals surface area contributed by atoms with Gasteiger partial charge in [-0.25, -0.2) is 4.39 Å². The standard InChI is InChI=1S/C17H18FN3OS/c18-13-1-3-14(4-2-13)19-17(23)21-11-9-20(10-12-21)15-5-7-16(22)8-6-15/h1-8,22H,9-12H2,(H,19,23). The Balaban J connectivity index is 1.54. The summed E-state index contributed by atoms with van der Waals surface area (Å²) < 4.78 is 12.9. The fourth-order valence-electron chi connectivity index (χ4n) is 2.57. The molecule has 6 heteroatoms. The summed E-state index contributed by atoms with van der Waals surface area (Å²) in [6, 6.07) is 13.4. The summed E-state index contributed by atoms with van der Waals surface area (Å²) >= 11 is 5.43. The first kappa shape index (κ1) is 15.6. The van der Waals surface area contributed by atoms with E-state index in [2.05, 4.69) is 15.1 Å². The SMILES string of the molecule is Oc1ccc(N2CCN(C(=S)Nc3ccc(F)cc3)CC2)cc1. The van der Waals surface area contributed by atoms with Crippen molar-refractivity contribution in [2.75, 3.05) is 36.4 Å². The van der Waals surface area contributed by atoms with Gasteiger partial charge in [-0.2, -0.15) is 0 Å². The Hall–Kier alpha value is -2.34. The molecule has 0 aromatic heterocycles. The highest BCUT2D eigenvalue weighted by Gasteiger charge is 2.19. The predicted molar refractivity (Wildman–Crippen MR) is 94.5 cm³/mol. The lowest BCUT2D eigenvalue weighted by Gasteiger charge is -2.37. The predicted octanol–water partition coefficient (Wildman–Crippen LogP) is 3.05. The van der Waals surface area contributed by atoms with E-state index in [-0.39, 0.29) is 11.6 Å². The zero-order chi connectivity index (χ0) is 16.2. The lowest BCUT2D eigenvalue weighted by Crippen LogP contribution is -2.50. The molecule has 1 aliphatic rings. The Labute approximate surface area is 140 Å². The maximum atomic E-state index is 12.9. The fourth-order valence-corrected chi connectivity index (χ4v) is 2.87. The normalized spacial score (nSPS) is 14.7. The van der Waals surface area contributed by atoms with Gasteiger partial charge in [0, 0.05) is 37.6 Å². The van der Waals surface area contributed by atoms with Crippen LogP contribution in [0.1, 0.15) is 0 Å². The number of thiocarbonyl (C=S) groups is 1. The molecule has 4 nitrogen and oxygen atoms in total. The summed E-state index contributed by atoms with van der Waals surface area (Å²) in [6.07, 6.45) is 0. The minimum Gasteiger partial charge on any atom is -0.508 e. The van der Waals surface area contributed by atoms with Crippen molar-refractivity contribution in [2.24, 2.45) is 0 Å². The summed E-state index contributed by atoms with van der Waals surface area (Å²) in [5.41, 5.74) is 1.89. The van der Waals surface area contributed by atoms with E-state index >= 15 is 0 Å². The van der Waals surface area contributed by atoms with Crippen LogP contribution in [0.4, 0.5) is 15.8 Å². The van der Waals surface area contributed by atoms with E-state index in [0.29, 0.717) is 5.11 Å². The van der Waals surface area contributed by atoms with E-state index in [0.717, 1.165) is 37.6 Å². The zero-order valence-electron chi connectivity index (χ0n) is 12.6. The van der Waals surface area contributed by atoms with E-state index < -0.39 is 0 Å². The van der Waals surface area contributed by atoms with Crippen molar-refractivity contribution in [1.82, 2.24) is 4.90 Å². The first-order valence-corrected chi connectivity index (χ1v) is 7.88. The number of rotatable bonds is 2. The minimum absolute atomic E-state index is 0.260. The van der Waals surface area contributed by atoms with Gasteiger partial charge < -0.3 is 20.2 Å². The Kier molecular flexibility index (Phi) is 4.62. The smallest absolute Gasteiger partial charge is 0.173 e. The summed E-state index contributed by atoms with van der Waals surface area (Å²) in [4.78, 5) is 4.37. The van der Waals surface area contributed by atoms with Crippen LogP contribution >= 0.6 is 12.2 Å². The lowest BCUT2D eigenvalue weighted by molar-refractivity contribution is 0.391. The molecule has 0 radical (unpaired) electrons. The second kappa shape index (κ2) is 6.83. The monoisotopic (exact) mass is 331 g/mol. The molecule has 1 fully saturated rings. The third-order valence-corrected chi connectivity index (χ3v) is 4.24. The van der Waals surface area contributed by atoms with E-state index in [9.17, 15) is 9.50 Å². The van der Waals surface area contributed by atoms with Crippen molar-refractivity contribution in [1.29, 1.82) is 0 Å². The first-order valence-electron chi connectivity index (χ1n) is 7.47. The molecule has 1 aliphatic heterocycles. The van der Waals surface area contributed by atoms with E-state index in [1.165, 1.54) is 12.1 Å². The van der Waals surface area contributed by atoms with Crippen molar-refractivity contribution >= 4 is 28.7 Å². The quantitative estimate of drug-likeness (QED) is 0.828. The molecule has 0 aliphatic carbocycles. The number of aromatic hydroxyl groups is 1. The van der Waals surface area contributed by atoms with Gasteiger partial charge in [0.05, 0.1) is 0 Å². The summed E-state index contributed by atoms with van der Waals surface area (Å²) in [5, 5.41) is 13.1. The van der Waals surface area contributed by atoms with E-state index in [4.69, 9.17) is 12.2 Å². The molecule has 0 spiro atoms. The molecule has 120 valence electrons. The number of benzene rings is 2. The van der Waals surface area contributed by atoms with Crippen LogP contribution in [0.3, 0.4) is 0 Å². The van der Waals surface area contributed by atoms with Gasteiger partial charge in [0.15, 0.2) is 5.11 Å². The molecular weight excluding hydrogens is 313 g/mol. The number of anilines is 2. The van der Waals surface area contributed by atoms with Crippen LogP contribution in [0, 0.1) is 5.82 Å². The molecule has 0 amide bonds. The third-order valence-electron chi connectivity index (χ3n) is 3.88. The van der Waals surface area contributed by atoms with Crippen LogP contribution in [-0.4, -0.2) is 41.3 Å². The largest absolute Gasteiger partial charge is 0.508 e. The molecule has 3 rings (SSSR count). The highest BCUT2D eigenvalue weighted by Crippen LogP contribution is 2.20. The van der Waals surface area contributed by atoms with Crippen molar-refractivity contribution in [2.45, 2.75) is 0 Å². The molecule has 1 saturated heterocycles. The second-order valence-electron chi connectivity index (χ2n) is 5.43. The van der Waals surface area contributed by atoms with Gasteiger partial charge in [-0.1, -0.05) is 0 Å². The summed E-state index contributed by atoms with van der Waals surface area (Å²) in [7, 11) is 0. The number of nitrogens with one attached hydrogen (secondary N) is 1. The van der Waals surface area contributed by atoms with Gasteiger partial charge in [-0.05, 0) is 60.7 Å². The number of phenols is 1. The maximum Gasteiger partial charge on any atom is 0.173 e. The van der Waals surface area contributed by atoms with Gasteiger partial charge in [-0.3, -0.25) is 0 Å². The Bertz CT molecular complexity index is 667. The van der Waals surface area contributed by atoms with Gasteiger partial charge >= 0.3 is 0 Å².